The average Bonchev–Trinajstić information content (AvgIpc) is 1.97. The Balaban J connectivity index is 0.649. The maximum Gasteiger partial charge on any atom is 0.293 e. The highest BCUT2D eigenvalue weighted by Gasteiger charge is 2.41. The quantitative estimate of drug-likeness (QED) is 0.0378. The van der Waals surface area contributed by atoms with Crippen LogP contribution in [-0.2, 0) is 32.7 Å². The van der Waals surface area contributed by atoms with E-state index >= 15 is 0 Å². The lowest BCUT2D eigenvalue weighted by Gasteiger charge is -2.42. The second-order valence-electron chi connectivity index (χ2n) is 24.8. The fourth-order valence-electron chi connectivity index (χ4n) is 13.5. The number of nitro groups is 1. The minimum atomic E-state index is -4.63. The Hall–Kier alpha value is -7.21. The van der Waals surface area contributed by atoms with Crippen molar-refractivity contribution in [3.63, 3.8) is 0 Å². The van der Waals surface area contributed by atoms with Crippen LogP contribution in [0.3, 0.4) is 0 Å². The van der Waals surface area contributed by atoms with Crippen molar-refractivity contribution in [1.29, 1.82) is 0 Å². The predicted molar refractivity (Wildman–Crippen MR) is 336 cm³/mol. The number of piperazine rings is 2. The van der Waals surface area contributed by atoms with Gasteiger partial charge in [-0.3, -0.25) is 49.3 Å². The van der Waals surface area contributed by atoms with Gasteiger partial charge < -0.3 is 24.8 Å². The summed E-state index contributed by atoms with van der Waals surface area (Å²) >= 11 is 9.97. The average molecular weight is 1290 g/mol. The summed E-state index contributed by atoms with van der Waals surface area (Å²) in [5.41, 5.74) is 7.91. The molecule has 20 nitrogen and oxygen atoms in total. The van der Waals surface area contributed by atoms with Crippen LogP contribution in [0.1, 0.15) is 109 Å². The molecule has 0 bridgehead atoms. The molecule has 1 unspecified atom stereocenters. The summed E-state index contributed by atoms with van der Waals surface area (Å²) < 4.78 is 37.5. The van der Waals surface area contributed by atoms with Gasteiger partial charge in [0.05, 0.1) is 21.6 Å². The second-order valence-corrected chi connectivity index (χ2v) is 27.8. The van der Waals surface area contributed by atoms with E-state index in [2.05, 4.69) is 92.9 Å². The lowest BCUT2D eigenvalue weighted by molar-refractivity contribution is -0.384. The molecule has 1 atom stereocenters. The van der Waals surface area contributed by atoms with Crippen molar-refractivity contribution in [3.8, 4) is 11.5 Å². The normalized spacial score (nSPS) is 21.5. The molecule has 6 aliphatic rings. The molecule has 4 amide bonds. The molecule has 23 heteroatoms. The fourth-order valence-corrected chi connectivity index (χ4v) is 15.2. The van der Waals surface area contributed by atoms with Crippen molar-refractivity contribution in [1.82, 2.24) is 39.6 Å². The van der Waals surface area contributed by atoms with Crippen LogP contribution in [0.15, 0.2) is 112 Å². The van der Waals surface area contributed by atoms with E-state index in [-0.39, 0.29) is 46.6 Å². The third-order valence-electron chi connectivity index (χ3n) is 18.4. The Morgan fingerprint density at radius 2 is 1.62 bits per heavy atom. The van der Waals surface area contributed by atoms with E-state index in [0.29, 0.717) is 62.1 Å². The second kappa shape index (κ2) is 25.1. The summed E-state index contributed by atoms with van der Waals surface area (Å²) in [7, 11) is -4.63. The van der Waals surface area contributed by atoms with Crippen molar-refractivity contribution in [2.75, 3.05) is 75.7 Å². The third kappa shape index (κ3) is 13.5. The number of ether oxygens (including phenoxy) is 1. The van der Waals surface area contributed by atoms with Crippen LogP contribution in [0.2, 0.25) is 5.02 Å². The minimum Gasteiger partial charge on any atom is -0.455 e. The number of hydrogen-bond acceptors (Lipinski definition) is 15. The van der Waals surface area contributed by atoms with Crippen molar-refractivity contribution in [3.05, 3.63) is 150 Å². The third-order valence-corrected chi connectivity index (χ3v) is 20.7. The molecule has 12 rings (SSSR count). The fraction of sp³-hybridized carbons (Fsp3) is 0.422. The molecule has 87 heavy (non-hydrogen) atoms. The smallest absolute Gasteiger partial charge is 0.293 e. The van der Waals surface area contributed by atoms with Gasteiger partial charge in [0, 0.05) is 135 Å². The first kappa shape index (κ1) is 60.1. The van der Waals surface area contributed by atoms with Gasteiger partial charge >= 0.3 is 0 Å². The van der Waals surface area contributed by atoms with E-state index in [9.17, 15) is 37.7 Å². The topological polar surface area (TPSA) is 236 Å². The summed E-state index contributed by atoms with van der Waals surface area (Å²) in [5.74, 6) is -1.20. The van der Waals surface area contributed by atoms with E-state index in [1.807, 2.05) is 24.3 Å². The van der Waals surface area contributed by atoms with Gasteiger partial charge in [0.15, 0.2) is 0 Å². The van der Waals surface area contributed by atoms with E-state index in [1.165, 1.54) is 35.0 Å². The van der Waals surface area contributed by atoms with Crippen LogP contribution < -0.4 is 25.0 Å². The number of H-pyrrole nitrogens is 1. The summed E-state index contributed by atoms with van der Waals surface area (Å²) in [5, 5.41) is 19.7. The number of rotatable bonds is 17. The molecule has 2 aromatic heterocycles. The number of hydrogen-bond donors (Lipinski definition) is 4. The summed E-state index contributed by atoms with van der Waals surface area (Å²) in [4.78, 5) is 82.3. The molecule has 0 radical (unpaired) electrons. The van der Waals surface area contributed by atoms with Crippen LogP contribution >= 0.6 is 27.5 Å². The lowest BCUT2D eigenvalue weighted by Crippen LogP contribution is -2.52. The molecule has 2 aliphatic carbocycles. The number of sulfonamides is 1. The van der Waals surface area contributed by atoms with Crippen LogP contribution in [0.5, 0.6) is 11.5 Å². The number of nitro benzene ring substituents is 1. The maximum absolute atomic E-state index is 14.2. The number of aromatic nitrogens is 2. The van der Waals surface area contributed by atoms with Crippen molar-refractivity contribution < 1.29 is 37.3 Å². The van der Waals surface area contributed by atoms with Gasteiger partial charge in [-0.15, -0.1) is 0 Å². The molecule has 6 aromatic rings. The number of carbonyl (C=O) groups excluding carboxylic acids is 4. The lowest BCUT2D eigenvalue weighted by atomic mass is 9.72. The van der Waals surface area contributed by atoms with Gasteiger partial charge in [0.2, 0.25) is 11.8 Å². The van der Waals surface area contributed by atoms with E-state index in [4.69, 9.17) is 16.3 Å². The molecule has 456 valence electrons. The molecule has 6 heterocycles. The van der Waals surface area contributed by atoms with Crippen LogP contribution in [0.4, 0.5) is 17.1 Å². The van der Waals surface area contributed by atoms with Gasteiger partial charge in [-0.2, -0.15) is 0 Å². The number of fused-ring (bicyclic) bond motifs is 2. The van der Waals surface area contributed by atoms with Crippen molar-refractivity contribution in [2.24, 2.45) is 11.3 Å². The van der Waals surface area contributed by atoms with Crippen LogP contribution in [0.25, 0.3) is 16.6 Å². The van der Waals surface area contributed by atoms with Gasteiger partial charge in [-0.25, -0.2) is 18.1 Å². The van der Waals surface area contributed by atoms with Crippen LogP contribution in [-0.4, -0.2) is 144 Å². The molecule has 4 aliphatic heterocycles. The highest BCUT2D eigenvalue weighted by Crippen LogP contribution is 2.44. The Kier molecular flexibility index (Phi) is 17.3. The number of carbonyl (C=O) groups is 4. The monoisotopic (exact) mass is 1280 g/mol. The van der Waals surface area contributed by atoms with E-state index < -0.39 is 43.4 Å². The van der Waals surface area contributed by atoms with Gasteiger partial charge in [0.1, 0.15) is 28.9 Å². The van der Waals surface area contributed by atoms with Gasteiger partial charge in [-0.05, 0) is 146 Å². The molecule has 4 N–H and O–H groups in total. The first-order valence-electron chi connectivity index (χ1n) is 30.0. The molecule has 1 saturated carbocycles. The Morgan fingerprint density at radius 3 is 2.37 bits per heavy atom. The van der Waals surface area contributed by atoms with E-state index in [1.54, 1.807) is 35.4 Å². The number of benzene rings is 4. The highest BCUT2D eigenvalue weighted by molar-refractivity contribution is 9.10. The van der Waals surface area contributed by atoms with Crippen LogP contribution in [0, 0.1) is 21.4 Å². The number of pyridine rings is 1. The SMILES string of the molecule is CC1(C)CCC(CN2CCN(c3ccc(C(=O)NS(=O)(=O)c4ccc(NC[C@H]5CC[C@H](N6CCN(Cc7cc(Br)c8c(c7)C(=O)N(C7CCC(=O)NC7=O)C8)CC6)CC5)c([N+](=O)[O-])c4)c(Oc4cnc5[nH]ccc5c4)c3)CC2)=C(c2ccc(Cl)cc2)C1. The van der Waals surface area contributed by atoms with E-state index in [0.717, 1.165) is 129 Å². The zero-order valence-corrected chi connectivity index (χ0v) is 51.9. The summed E-state index contributed by atoms with van der Waals surface area (Å²) in [6, 6.07) is 24.2. The summed E-state index contributed by atoms with van der Waals surface area (Å²) in [6.45, 7) is 13.6. The Bertz CT molecular complexity index is 3820. The van der Waals surface area contributed by atoms with Gasteiger partial charge in [-0.1, -0.05) is 59.1 Å². The first-order chi connectivity index (χ1) is 41.8. The molecule has 3 saturated heterocycles. The number of amides is 4. The summed E-state index contributed by atoms with van der Waals surface area (Å²) in [6.07, 6.45) is 10.8. The Labute approximate surface area is 519 Å². The predicted octanol–water partition coefficient (Wildman–Crippen LogP) is 10.1. The maximum atomic E-state index is 14.2. The number of anilines is 2. The molecule has 0 spiro atoms. The standard InChI is InChI=1S/C64H71BrClN11O9S/c1-64(2)19-17-44(52(34-64)42-5-7-45(66)8-6-42)38-73-23-27-75(28-24-73)47-11-13-50(58(32-47)86-48-31-43-18-20-67-60(43)69-36-48)61(79)71-87(84,85)49-12-14-55(57(33-49)77(82)83)68-35-40-3-9-46(10-4-40)74-25-21-72(22-26-74)37-41-29-51-53(54(65)30-41)39-76(63(51)81)56-15-16-59(78)70-62(56)80/h5-8,11-14,18,20,29-33,36,40,46,56,68H,3-4,9-10,15-17,19,21-28,34-35,37-39H2,1-2H3,(H,67,69)(H,71,79)(H,70,78,80)/t40-,46-,56?. The number of nitrogens with one attached hydrogen (secondary N) is 4. The highest BCUT2D eigenvalue weighted by atomic mass is 79.9. The molecular weight excluding hydrogens is 1210 g/mol. The van der Waals surface area contributed by atoms with Crippen molar-refractivity contribution >= 4 is 94.9 Å². The number of aromatic amines is 1. The number of nitrogens with zero attached hydrogens (tertiary/aromatic N) is 7. The number of allylic oxidation sites excluding steroid dienone is 1. The van der Waals surface area contributed by atoms with Gasteiger partial charge in [0.25, 0.3) is 27.5 Å². The minimum absolute atomic E-state index is 0.0513. The number of piperidine rings is 1. The first-order valence-corrected chi connectivity index (χ1v) is 32.7. The zero-order valence-electron chi connectivity index (χ0n) is 48.8. The molecule has 4 aromatic carbocycles. The Morgan fingerprint density at radius 1 is 0.874 bits per heavy atom. The molecule has 4 fully saturated rings. The largest absolute Gasteiger partial charge is 0.455 e. The zero-order chi connectivity index (χ0) is 60.7. The van der Waals surface area contributed by atoms with Crippen molar-refractivity contribution in [2.45, 2.75) is 102 Å². The number of halogens is 2. The number of imide groups is 1. The molecular formula is C64H71BrClN11O9S.